The number of aryl methyl sites for hydroxylation is 1. The lowest BCUT2D eigenvalue weighted by molar-refractivity contribution is 0.160. The summed E-state index contributed by atoms with van der Waals surface area (Å²) in [5.74, 6) is 0. The van der Waals surface area contributed by atoms with Crippen LogP contribution in [0.3, 0.4) is 0 Å². The summed E-state index contributed by atoms with van der Waals surface area (Å²) < 4.78 is 0. The summed E-state index contributed by atoms with van der Waals surface area (Å²) in [5, 5.41) is 11.2. The van der Waals surface area contributed by atoms with Gasteiger partial charge < -0.3 is 14.9 Å². The number of aromatic nitrogens is 1. The number of hydrogen-bond donors (Lipinski definition) is 1. The van der Waals surface area contributed by atoms with Crippen molar-refractivity contribution in [1.29, 1.82) is 0 Å². The van der Waals surface area contributed by atoms with E-state index >= 15 is 0 Å². The highest BCUT2D eigenvalue weighted by Crippen LogP contribution is 2.38. The van der Waals surface area contributed by atoms with Crippen molar-refractivity contribution in [3.05, 3.63) is 10.6 Å². The topological polar surface area (TPSA) is 39.6 Å². The highest BCUT2D eigenvalue weighted by molar-refractivity contribution is 7.15. The van der Waals surface area contributed by atoms with Crippen LogP contribution < -0.4 is 4.90 Å². The molecule has 2 atom stereocenters. The molecule has 1 fully saturated rings. The summed E-state index contributed by atoms with van der Waals surface area (Å²) >= 11 is 1.71. The lowest BCUT2D eigenvalue weighted by Gasteiger charge is -2.27. The molecule has 1 aromatic heterocycles. The minimum Gasteiger partial charge on any atom is -0.388 e. The zero-order chi connectivity index (χ0) is 13.4. The molecule has 0 spiro atoms. The summed E-state index contributed by atoms with van der Waals surface area (Å²) in [6.45, 7) is 5.61. The number of rotatable bonds is 1. The van der Waals surface area contributed by atoms with Gasteiger partial charge in [-0.2, -0.15) is 0 Å². The second-order valence-electron chi connectivity index (χ2n) is 5.87. The zero-order valence-corrected chi connectivity index (χ0v) is 12.6. The molecule has 0 saturated carbocycles. The van der Waals surface area contributed by atoms with Crippen LogP contribution in [-0.2, 0) is 6.42 Å². The van der Waals surface area contributed by atoms with Gasteiger partial charge in [-0.05, 0) is 46.2 Å². The predicted molar refractivity (Wildman–Crippen MR) is 78.9 cm³/mol. The van der Waals surface area contributed by atoms with Gasteiger partial charge in [-0.1, -0.05) is 11.3 Å². The van der Waals surface area contributed by atoms with Crippen LogP contribution in [0.4, 0.5) is 5.13 Å². The fourth-order valence-electron chi connectivity index (χ4n) is 3.16. The van der Waals surface area contributed by atoms with Crippen molar-refractivity contribution < 1.29 is 5.11 Å². The molecule has 0 radical (unpaired) electrons. The monoisotopic (exact) mass is 281 g/mol. The Morgan fingerprint density at radius 3 is 2.95 bits per heavy atom. The average molecular weight is 281 g/mol. The number of nitrogens with zero attached hydrogens (tertiary/aromatic N) is 3. The van der Waals surface area contributed by atoms with Crippen molar-refractivity contribution >= 4 is 16.5 Å². The van der Waals surface area contributed by atoms with E-state index < -0.39 is 0 Å². The third-order valence-electron chi connectivity index (χ3n) is 4.20. The number of fused-ring (bicyclic) bond motifs is 1. The molecule has 1 N–H and O–H groups in total. The van der Waals surface area contributed by atoms with E-state index in [9.17, 15) is 5.11 Å². The van der Waals surface area contributed by atoms with Gasteiger partial charge in [0, 0.05) is 19.1 Å². The van der Waals surface area contributed by atoms with E-state index in [0.717, 1.165) is 54.6 Å². The fraction of sp³-hybridized carbons (Fsp3) is 0.786. The van der Waals surface area contributed by atoms with Gasteiger partial charge in [-0.25, -0.2) is 4.98 Å². The molecule has 5 heteroatoms. The Hall–Kier alpha value is -0.650. The van der Waals surface area contributed by atoms with E-state index in [0.29, 0.717) is 6.04 Å². The second kappa shape index (κ2) is 5.38. The van der Waals surface area contributed by atoms with Gasteiger partial charge >= 0.3 is 0 Å². The first-order valence-corrected chi connectivity index (χ1v) is 8.09. The van der Waals surface area contributed by atoms with E-state index in [-0.39, 0.29) is 6.10 Å². The molecular weight excluding hydrogens is 258 g/mol. The Morgan fingerprint density at radius 1 is 1.32 bits per heavy atom. The molecule has 2 unspecified atom stereocenters. The van der Waals surface area contributed by atoms with Gasteiger partial charge in [-0.3, -0.25) is 0 Å². The molecule has 1 aromatic rings. The molecule has 2 aliphatic rings. The molecule has 2 heterocycles. The third-order valence-corrected chi connectivity index (χ3v) is 5.44. The van der Waals surface area contributed by atoms with Gasteiger partial charge in [0.2, 0.25) is 0 Å². The van der Waals surface area contributed by atoms with Gasteiger partial charge in [0.05, 0.1) is 16.7 Å². The molecule has 3 rings (SSSR count). The normalized spacial score (nSPS) is 29.1. The van der Waals surface area contributed by atoms with Crippen LogP contribution in [0.5, 0.6) is 0 Å². The van der Waals surface area contributed by atoms with E-state index in [1.807, 2.05) is 0 Å². The number of likely N-dealkylation sites (N-methyl/N-ethyl adjacent to an activating group) is 1. The summed E-state index contributed by atoms with van der Waals surface area (Å²) in [5.41, 5.74) is 1.14. The highest BCUT2D eigenvalue weighted by Gasteiger charge is 2.27. The third kappa shape index (κ3) is 2.64. The van der Waals surface area contributed by atoms with Crippen molar-refractivity contribution in [3.63, 3.8) is 0 Å². The Labute approximate surface area is 119 Å². The number of anilines is 1. The molecular formula is C14H23N3OS. The molecule has 1 aliphatic carbocycles. The van der Waals surface area contributed by atoms with Crippen LogP contribution in [0.15, 0.2) is 0 Å². The number of thiazole rings is 1. The van der Waals surface area contributed by atoms with E-state index in [1.54, 1.807) is 11.3 Å². The van der Waals surface area contributed by atoms with Crippen LogP contribution in [0.25, 0.3) is 0 Å². The zero-order valence-electron chi connectivity index (χ0n) is 11.8. The largest absolute Gasteiger partial charge is 0.388 e. The van der Waals surface area contributed by atoms with Crippen molar-refractivity contribution in [2.45, 2.75) is 44.8 Å². The average Bonchev–Trinajstić information content (AvgIpc) is 2.72. The first-order valence-electron chi connectivity index (χ1n) is 7.28. The first-order chi connectivity index (χ1) is 9.15. The number of hydrogen-bond acceptors (Lipinski definition) is 5. The van der Waals surface area contributed by atoms with E-state index in [2.05, 4.69) is 23.8 Å². The lowest BCUT2D eigenvalue weighted by atomic mass is 10.0. The molecule has 0 bridgehead atoms. The molecule has 19 heavy (non-hydrogen) atoms. The Balaban J connectivity index is 1.85. The fourth-order valence-corrected chi connectivity index (χ4v) is 4.42. The van der Waals surface area contributed by atoms with E-state index in [4.69, 9.17) is 4.98 Å². The van der Waals surface area contributed by atoms with Gasteiger partial charge in [-0.15, -0.1) is 0 Å². The van der Waals surface area contributed by atoms with Crippen molar-refractivity contribution in [3.8, 4) is 0 Å². The maximum Gasteiger partial charge on any atom is 0.186 e. The molecule has 106 valence electrons. The highest BCUT2D eigenvalue weighted by atomic mass is 32.1. The van der Waals surface area contributed by atoms with Crippen LogP contribution in [0, 0.1) is 0 Å². The van der Waals surface area contributed by atoms with Crippen LogP contribution >= 0.6 is 11.3 Å². The van der Waals surface area contributed by atoms with Crippen molar-refractivity contribution in [1.82, 2.24) is 9.88 Å². The Morgan fingerprint density at radius 2 is 2.16 bits per heavy atom. The molecule has 1 saturated heterocycles. The SMILES string of the molecule is CC1CN(C)CCCN1c1nc2c(s1)C(O)CCC2. The van der Waals surface area contributed by atoms with E-state index in [1.165, 1.54) is 6.42 Å². The number of aliphatic hydroxyl groups excluding tert-OH is 1. The lowest BCUT2D eigenvalue weighted by Crippen LogP contribution is -2.37. The van der Waals surface area contributed by atoms with Gasteiger partial charge in [0.25, 0.3) is 0 Å². The Kier molecular flexibility index (Phi) is 3.78. The van der Waals surface area contributed by atoms with Crippen LogP contribution in [0.2, 0.25) is 0 Å². The molecule has 4 nitrogen and oxygen atoms in total. The summed E-state index contributed by atoms with van der Waals surface area (Å²) in [6, 6.07) is 0.497. The molecule has 1 aliphatic heterocycles. The quantitative estimate of drug-likeness (QED) is 0.855. The summed E-state index contributed by atoms with van der Waals surface area (Å²) in [6.07, 6.45) is 3.90. The second-order valence-corrected chi connectivity index (χ2v) is 6.88. The van der Waals surface area contributed by atoms with Crippen LogP contribution in [0.1, 0.15) is 42.9 Å². The maximum atomic E-state index is 10.1. The van der Waals surface area contributed by atoms with Gasteiger partial charge in [0.1, 0.15) is 0 Å². The Bertz CT molecular complexity index is 448. The van der Waals surface area contributed by atoms with Gasteiger partial charge in [0.15, 0.2) is 5.13 Å². The standard InChI is InChI=1S/C14H23N3OS/c1-10-9-16(2)7-4-8-17(10)14-15-11-5-3-6-12(18)13(11)19-14/h10,12,18H,3-9H2,1-2H3. The predicted octanol–water partition coefficient (Wildman–Crippen LogP) is 2.04. The summed E-state index contributed by atoms with van der Waals surface area (Å²) in [4.78, 5) is 10.8. The first kappa shape index (κ1) is 13.3. The van der Waals surface area contributed by atoms with Crippen LogP contribution in [-0.4, -0.2) is 47.7 Å². The minimum atomic E-state index is -0.278. The maximum absolute atomic E-state index is 10.1. The summed E-state index contributed by atoms with van der Waals surface area (Å²) in [7, 11) is 2.19. The molecule has 0 amide bonds. The minimum absolute atomic E-state index is 0.278. The van der Waals surface area contributed by atoms with Crippen molar-refractivity contribution in [2.75, 3.05) is 31.6 Å². The molecule has 0 aromatic carbocycles. The number of aliphatic hydroxyl groups is 1. The smallest absolute Gasteiger partial charge is 0.186 e. The van der Waals surface area contributed by atoms with Crippen molar-refractivity contribution in [2.24, 2.45) is 0 Å².